The maximum absolute atomic E-state index is 10.8. The molecule has 162 valence electrons. The van der Waals surface area contributed by atoms with E-state index in [1.54, 1.807) is 12.1 Å². The summed E-state index contributed by atoms with van der Waals surface area (Å²) in [6.45, 7) is 0. The molecule has 0 saturated heterocycles. The normalized spacial score (nSPS) is 12.5. The second-order valence-electron chi connectivity index (χ2n) is 7.83. The largest absolute Gasteiger partial charge is 0.378 e. The molecule has 0 atom stereocenters. The van der Waals surface area contributed by atoms with Gasteiger partial charge in [-0.1, -0.05) is 12.1 Å². The molecule has 0 fully saturated rings. The van der Waals surface area contributed by atoms with E-state index in [-0.39, 0.29) is 5.69 Å². The van der Waals surface area contributed by atoms with Crippen LogP contribution in [0.5, 0.6) is 0 Å². The van der Waals surface area contributed by atoms with E-state index >= 15 is 0 Å². The van der Waals surface area contributed by atoms with E-state index in [4.69, 9.17) is 4.99 Å². The van der Waals surface area contributed by atoms with Crippen molar-refractivity contribution in [1.29, 1.82) is 0 Å². The Morgan fingerprint density at radius 2 is 1.67 bits per heavy atom. The molecule has 8 heteroatoms. The molecule has 0 unspecified atom stereocenters. The first-order valence-corrected chi connectivity index (χ1v) is 10.3. The van der Waals surface area contributed by atoms with Crippen LogP contribution in [0.1, 0.15) is 5.56 Å². The Labute approximate surface area is 190 Å². The van der Waals surface area contributed by atoms with E-state index in [0.717, 1.165) is 39.2 Å². The third kappa shape index (κ3) is 3.89. The highest BCUT2D eigenvalue weighted by Crippen LogP contribution is 2.41. The molecule has 0 radical (unpaired) electrons. The summed E-state index contributed by atoms with van der Waals surface area (Å²) < 4.78 is 0. The van der Waals surface area contributed by atoms with Gasteiger partial charge in [-0.2, -0.15) is 5.11 Å². The number of nitrogens with one attached hydrogen (secondary N) is 1. The lowest BCUT2D eigenvalue weighted by atomic mass is 10.0. The molecule has 33 heavy (non-hydrogen) atoms. The molecule has 0 aromatic heterocycles. The van der Waals surface area contributed by atoms with Crippen LogP contribution >= 0.6 is 0 Å². The lowest BCUT2D eigenvalue weighted by molar-refractivity contribution is -0.384. The van der Waals surface area contributed by atoms with Gasteiger partial charge in [0.05, 0.1) is 22.0 Å². The molecule has 8 nitrogen and oxygen atoms in total. The second-order valence-corrected chi connectivity index (χ2v) is 7.83. The summed E-state index contributed by atoms with van der Waals surface area (Å²) in [6.07, 6.45) is 0. The zero-order valence-electron chi connectivity index (χ0n) is 18.1. The van der Waals surface area contributed by atoms with Crippen molar-refractivity contribution < 1.29 is 4.92 Å². The lowest BCUT2D eigenvalue weighted by Crippen LogP contribution is -2.16. The Kier molecular flexibility index (Phi) is 5.02. The van der Waals surface area contributed by atoms with Gasteiger partial charge in [-0.15, -0.1) is 5.11 Å². The second kappa shape index (κ2) is 8.16. The zero-order chi connectivity index (χ0) is 22.9. The van der Waals surface area contributed by atoms with E-state index in [1.165, 1.54) is 12.1 Å². The van der Waals surface area contributed by atoms with Gasteiger partial charge < -0.3 is 10.2 Å². The Bertz CT molecular complexity index is 1420. The van der Waals surface area contributed by atoms with Crippen molar-refractivity contribution in [1.82, 2.24) is 0 Å². The van der Waals surface area contributed by atoms with Crippen LogP contribution in [-0.4, -0.2) is 24.9 Å². The summed E-state index contributed by atoms with van der Waals surface area (Å²) in [4.78, 5) is 17.3. The van der Waals surface area contributed by atoms with Crippen LogP contribution in [-0.2, 0) is 0 Å². The number of nitro groups is 1. The minimum Gasteiger partial charge on any atom is -0.378 e. The highest BCUT2D eigenvalue weighted by atomic mass is 16.6. The van der Waals surface area contributed by atoms with Gasteiger partial charge >= 0.3 is 0 Å². The van der Waals surface area contributed by atoms with Crippen LogP contribution in [0.3, 0.4) is 0 Å². The molecular formula is C25H20N6O2. The fourth-order valence-corrected chi connectivity index (χ4v) is 3.74. The molecule has 1 heterocycles. The number of hydrogen-bond donors (Lipinski definition) is 1. The van der Waals surface area contributed by atoms with Crippen LogP contribution in [0.4, 0.5) is 34.1 Å². The average Bonchev–Trinajstić information content (AvgIpc) is 2.84. The van der Waals surface area contributed by atoms with E-state index in [1.807, 2.05) is 44.4 Å². The van der Waals surface area contributed by atoms with Crippen LogP contribution in [0.25, 0.3) is 10.8 Å². The summed E-state index contributed by atoms with van der Waals surface area (Å²) >= 11 is 0. The molecule has 4 aromatic carbocycles. The number of rotatable bonds is 5. The van der Waals surface area contributed by atoms with Crippen molar-refractivity contribution >= 4 is 50.7 Å². The summed E-state index contributed by atoms with van der Waals surface area (Å²) in [5.74, 6) is 0.792. The molecule has 1 aliphatic heterocycles. The van der Waals surface area contributed by atoms with E-state index in [2.05, 4.69) is 44.7 Å². The first-order chi connectivity index (χ1) is 16.0. The Morgan fingerprint density at radius 1 is 0.909 bits per heavy atom. The first-order valence-electron chi connectivity index (χ1n) is 10.3. The molecule has 1 N–H and O–H groups in total. The molecule has 4 aromatic rings. The summed E-state index contributed by atoms with van der Waals surface area (Å²) in [6, 6.07) is 24.0. The number of aliphatic imine (C=N–C) groups is 1. The van der Waals surface area contributed by atoms with Gasteiger partial charge in [-0.05, 0) is 54.6 Å². The molecule has 5 rings (SSSR count). The number of benzene rings is 4. The molecule has 0 aliphatic carbocycles. The number of azo groups is 1. The average molecular weight is 436 g/mol. The summed E-state index contributed by atoms with van der Waals surface area (Å²) in [7, 11) is 4.03. The van der Waals surface area contributed by atoms with Gasteiger partial charge in [0.1, 0.15) is 5.84 Å². The fraction of sp³-hybridized carbons (Fsp3) is 0.0800. The number of amidine groups is 1. The van der Waals surface area contributed by atoms with Crippen molar-refractivity contribution in [3.8, 4) is 0 Å². The van der Waals surface area contributed by atoms with Gasteiger partial charge in [0.15, 0.2) is 0 Å². The van der Waals surface area contributed by atoms with Crippen LogP contribution in [0.15, 0.2) is 94.1 Å². The minimum absolute atomic E-state index is 0.0200. The van der Waals surface area contributed by atoms with Gasteiger partial charge in [0, 0.05) is 53.9 Å². The van der Waals surface area contributed by atoms with Gasteiger partial charge in [0.25, 0.3) is 5.69 Å². The maximum Gasteiger partial charge on any atom is 0.269 e. The van der Waals surface area contributed by atoms with Crippen molar-refractivity contribution in [2.45, 2.75) is 0 Å². The van der Waals surface area contributed by atoms with Gasteiger partial charge in [0.2, 0.25) is 0 Å². The standard InChI is InChI=1S/C25H20N6O2/c1-30(2)18-10-6-16(7-11-18)25-26-22-5-3-4-20-21(14-15-23(27-25)24(20)22)29-28-17-8-12-19(13-9-17)31(32)33/h3-15H,1-2H3,(H,26,27). The SMILES string of the molecule is CN(C)c1ccc(C2=Nc3ccc(N=Nc4ccc([N+](=O)[O-])cc4)c4cccc(c34)N2)cc1. The number of non-ortho nitro benzene ring substituents is 1. The monoisotopic (exact) mass is 436 g/mol. The highest BCUT2D eigenvalue weighted by molar-refractivity contribution is 6.20. The van der Waals surface area contributed by atoms with Crippen molar-refractivity contribution in [3.05, 3.63) is 94.5 Å². The molecule has 0 saturated carbocycles. The van der Waals surface area contributed by atoms with E-state index in [9.17, 15) is 10.1 Å². The fourth-order valence-electron chi connectivity index (χ4n) is 3.74. The number of hydrogen-bond acceptors (Lipinski definition) is 7. The van der Waals surface area contributed by atoms with E-state index in [0.29, 0.717) is 11.4 Å². The van der Waals surface area contributed by atoms with Crippen LogP contribution in [0, 0.1) is 10.1 Å². The highest BCUT2D eigenvalue weighted by Gasteiger charge is 2.17. The Balaban J connectivity index is 1.50. The van der Waals surface area contributed by atoms with Gasteiger partial charge in [-0.3, -0.25) is 10.1 Å². The van der Waals surface area contributed by atoms with Crippen LogP contribution in [0.2, 0.25) is 0 Å². The third-order valence-corrected chi connectivity index (χ3v) is 5.47. The number of nitrogens with zero attached hydrogens (tertiary/aromatic N) is 5. The summed E-state index contributed by atoms with van der Waals surface area (Å²) in [5, 5.41) is 24.8. The maximum atomic E-state index is 10.8. The smallest absolute Gasteiger partial charge is 0.269 e. The molecule has 0 bridgehead atoms. The predicted molar refractivity (Wildman–Crippen MR) is 132 cm³/mol. The molecular weight excluding hydrogens is 416 g/mol. The van der Waals surface area contributed by atoms with Crippen molar-refractivity contribution in [2.75, 3.05) is 24.3 Å². The lowest BCUT2D eigenvalue weighted by Gasteiger charge is -2.20. The minimum atomic E-state index is -0.439. The molecule has 0 spiro atoms. The first kappa shape index (κ1) is 20.3. The molecule has 0 amide bonds. The number of nitro benzene ring substituents is 1. The van der Waals surface area contributed by atoms with Crippen molar-refractivity contribution in [2.24, 2.45) is 15.2 Å². The number of anilines is 2. The van der Waals surface area contributed by atoms with Gasteiger partial charge in [-0.25, -0.2) is 4.99 Å². The topological polar surface area (TPSA) is 95.5 Å². The third-order valence-electron chi connectivity index (χ3n) is 5.47. The van der Waals surface area contributed by atoms with Crippen LogP contribution < -0.4 is 10.2 Å². The van der Waals surface area contributed by atoms with E-state index < -0.39 is 4.92 Å². The summed E-state index contributed by atoms with van der Waals surface area (Å²) in [5.41, 5.74) is 5.21. The Morgan fingerprint density at radius 3 is 2.36 bits per heavy atom. The Hall–Kier alpha value is -4.59. The quantitative estimate of drug-likeness (QED) is 0.213. The zero-order valence-corrected chi connectivity index (χ0v) is 18.1. The molecule has 1 aliphatic rings. The van der Waals surface area contributed by atoms with Crippen molar-refractivity contribution in [3.63, 3.8) is 0 Å². The predicted octanol–water partition coefficient (Wildman–Crippen LogP) is 6.73.